The molecular formula is C23H18N2O8. The number of aliphatic imine (C=N–C) groups is 1. The number of hydrogen-bond donors (Lipinski definition) is 5. The summed E-state index contributed by atoms with van der Waals surface area (Å²) in [6.07, 6.45) is 1.49. The standard InChI is InChI=1S/C23H18N2O8/c1-10-5-12(11(2)25(10)14-3-4-17(26)15(9-14)22(30)31)6-16-23(32)33-21(24-16)13-7-18(27)20(29)19(28)8-13/h3-9,26-29H,1-2H3,(H,30,31)/b16-6-. The highest BCUT2D eigenvalue weighted by atomic mass is 16.6. The van der Waals surface area contributed by atoms with E-state index in [9.17, 15) is 35.1 Å². The molecule has 33 heavy (non-hydrogen) atoms. The second-order valence-electron chi connectivity index (χ2n) is 7.37. The number of phenols is 4. The van der Waals surface area contributed by atoms with Crippen LogP contribution in [0.15, 0.2) is 47.1 Å². The number of hydrogen-bond acceptors (Lipinski definition) is 8. The average molecular weight is 450 g/mol. The van der Waals surface area contributed by atoms with Crippen molar-refractivity contribution >= 4 is 23.9 Å². The zero-order chi connectivity index (χ0) is 24.0. The fourth-order valence-electron chi connectivity index (χ4n) is 3.57. The van der Waals surface area contributed by atoms with Gasteiger partial charge in [-0.2, -0.15) is 0 Å². The summed E-state index contributed by atoms with van der Waals surface area (Å²) in [5.74, 6) is -4.42. The van der Waals surface area contributed by atoms with Gasteiger partial charge in [0.05, 0.1) is 0 Å². The quantitative estimate of drug-likeness (QED) is 0.230. The summed E-state index contributed by atoms with van der Waals surface area (Å²) >= 11 is 0. The largest absolute Gasteiger partial charge is 0.507 e. The molecule has 0 spiro atoms. The van der Waals surface area contributed by atoms with Crippen molar-refractivity contribution in [3.8, 4) is 28.7 Å². The number of aromatic nitrogens is 1. The number of ether oxygens (including phenoxy) is 1. The predicted molar refractivity (Wildman–Crippen MR) is 116 cm³/mol. The van der Waals surface area contributed by atoms with Gasteiger partial charge < -0.3 is 34.8 Å². The topological polar surface area (TPSA) is 162 Å². The molecule has 0 atom stereocenters. The Morgan fingerprint density at radius 1 is 1.00 bits per heavy atom. The van der Waals surface area contributed by atoms with Crippen LogP contribution in [-0.2, 0) is 9.53 Å². The molecule has 0 saturated carbocycles. The van der Waals surface area contributed by atoms with Gasteiger partial charge in [0.1, 0.15) is 11.3 Å². The third-order valence-electron chi connectivity index (χ3n) is 5.17. The number of carboxylic acid groups (broad SMARTS) is 1. The minimum Gasteiger partial charge on any atom is -0.507 e. The molecule has 0 aliphatic carbocycles. The summed E-state index contributed by atoms with van der Waals surface area (Å²) in [6, 6.07) is 8.18. The molecule has 1 aliphatic rings. The van der Waals surface area contributed by atoms with Crippen LogP contribution < -0.4 is 0 Å². The molecule has 0 amide bonds. The van der Waals surface area contributed by atoms with Gasteiger partial charge in [0.2, 0.25) is 5.90 Å². The highest BCUT2D eigenvalue weighted by molar-refractivity contribution is 6.13. The molecule has 10 nitrogen and oxygen atoms in total. The van der Waals surface area contributed by atoms with Crippen molar-refractivity contribution in [2.45, 2.75) is 13.8 Å². The molecule has 3 aromatic rings. The van der Waals surface area contributed by atoms with E-state index in [-0.39, 0.29) is 28.5 Å². The summed E-state index contributed by atoms with van der Waals surface area (Å²) in [6.45, 7) is 3.57. The summed E-state index contributed by atoms with van der Waals surface area (Å²) in [4.78, 5) is 27.8. The minimum absolute atomic E-state index is 0.0331. The van der Waals surface area contributed by atoms with Crippen molar-refractivity contribution in [2.75, 3.05) is 0 Å². The molecule has 0 radical (unpaired) electrons. The fourth-order valence-corrected chi connectivity index (χ4v) is 3.57. The van der Waals surface area contributed by atoms with Crippen molar-refractivity contribution in [3.63, 3.8) is 0 Å². The third kappa shape index (κ3) is 3.74. The zero-order valence-electron chi connectivity index (χ0n) is 17.4. The molecule has 0 unspecified atom stereocenters. The predicted octanol–water partition coefficient (Wildman–Crippen LogP) is 2.96. The van der Waals surface area contributed by atoms with Gasteiger partial charge in [-0.1, -0.05) is 0 Å². The van der Waals surface area contributed by atoms with Crippen molar-refractivity contribution in [1.82, 2.24) is 4.57 Å². The van der Waals surface area contributed by atoms with E-state index in [1.54, 1.807) is 30.5 Å². The van der Waals surface area contributed by atoms with E-state index in [2.05, 4.69) is 4.99 Å². The molecule has 168 valence electrons. The van der Waals surface area contributed by atoms with E-state index in [4.69, 9.17) is 4.74 Å². The number of esters is 1. The van der Waals surface area contributed by atoms with Crippen LogP contribution >= 0.6 is 0 Å². The second-order valence-corrected chi connectivity index (χ2v) is 7.37. The highest BCUT2D eigenvalue weighted by Gasteiger charge is 2.26. The van der Waals surface area contributed by atoms with Crippen LogP contribution in [-0.4, -0.2) is 47.9 Å². The number of rotatable bonds is 4. The molecule has 0 bridgehead atoms. The summed E-state index contributed by atoms with van der Waals surface area (Å²) in [7, 11) is 0. The molecule has 5 N–H and O–H groups in total. The monoisotopic (exact) mass is 450 g/mol. The van der Waals surface area contributed by atoms with Gasteiger partial charge in [-0.25, -0.2) is 14.6 Å². The lowest BCUT2D eigenvalue weighted by molar-refractivity contribution is -0.129. The molecule has 0 fully saturated rings. The number of carbonyl (C=O) groups is 2. The van der Waals surface area contributed by atoms with Gasteiger partial charge in [-0.15, -0.1) is 0 Å². The first-order valence-electron chi connectivity index (χ1n) is 9.60. The lowest BCUT2D eigenvalue weighted by atomic mass is 10.1. The number of aromatic carboxylic acids is 1. The number of aromatic hydroxyl groups is 4. The van der Waals surface area contributed by atoms with Gasteiger partial charge in [0.15, 0.2) is 22.9 Å². The maximum atomic E-state index is 12.3. The van der Waals surface area contributed by atoms with Crippen LogP contribution in [0.2, 0.25) is 0 Å². The summed E-state index contributed by atoms with van der Waals surface area (Å²) < 4.78 is 6.90. The minimum atomic E-state index is -1.26. The lowest BCUT2D eigenvalue weighted by Crippen LogP contribution is -2.05. The SMILES string of the molecule is Cc1cc(/C=C2\N=C(c3cc(O)c(O)c(O)c3)OC2=O)c(C)n1-c1ccc(O)c(C(=O)O)c1. The number of benzene rings is 2. The Kier molecular flexibility index (Phi) is 5.05. The number of phenolic OH excluding ortho intramolecular Hbond substituents is 3. The second kappa shape index (κ2) is 7.75. The molecule has 1 aromatic heterocycles. The summed E-state index contributed by atoms with van der Waals surface area (Å²) in [5, 5.41) is 47.9. The first kappa shape index (κ1) is 21.5. The number of carboxylic acids is 1. The molecule has 10 heteroatoms. The zero-order valence-corrected chi connectivity index (χ0v) is 17.4. The summed E-state index contributed by atoms with van der Waals surface area (Å²) in [5.41, 5.74) is 2.37. The van der Waals surface area contributed by atoms with Crippen LogP contribution in [0.3, 0.4) is 0 Å². The van der Waals surface area contributed by atoms with E-state index in [0.717, 1.165) is 17.8 Å². The Labute approximate surface area is 186 Å². The molecule has 1 aliphatic heterocycles. The molecule has 4 rings (SSSR count). The normalized spacial score (nSPS) is 14.4. The smallest absolute Gasteiger partial charge is 0.363 e. The van der Waals surface area contributed by atoms with E-state index >= 15 is 0 Å². The van der Waals surface area contributed by atoms with Gasteiger partial charge in [0.25, 0.3) is 0 Å². The Bertz CT molecular complexity index is 1370. The van der Waals surface area contributed by atoms with Gasteiger partial charge in [0, 0.05) is 22.6 Å². The van der Waals surface area contributed by atoms with Crippen LogP contribution in [0.1, 0.15) is 32.9 Å². The highest BCUT2D eigenvalue weighted by Crippen LogP contribution is 2.36. The van der Waals surface area contributed by atoms with Crippen molar-refractivity contribution in [2.24, 2.45) is 4.99 Å². The third-order valence-corrected chi connectivity index (χ3v) is 5.17. The first-order valence-corrected chi connectivity index (χ1v) is 9.60. The molecule has 2 heterocycles. The van der Waals surface area contributed by atoms with E-state index in [1.165, 1.54) is 18.2 Å². The van der Waals surface area contributed by atoms with Gasteiger partial charge in [-0.05, 0) is 61.9 Å². The van der Waals surface area contributed by atoms with Crippen molar-refractivity contribution in [3.05, 3.63) is 70.2 Å². The molecule has 2 aromatic carbocycles. The Hall–Kier alpha value is -4.73. The first-order chi connectivity index (χ1) is 15.6. The Morgan fingerprint density at radius 3 is 2.30 bits per heavy atom. The van der Waals surface area contributed by atoms with Crippen molar-refractivity contribution in [1.29, 1.82) is 0 Å². The number of cyclic esters (lactones) is 1. The maximum absolute atomic E-state index is 12.3. The number of carbonyl (C=O) groups excluding carboxylic acids is 1. The maximum Gasteiger partial charge on any atom is 0.363 e. The average Bonchev–Trinajstić information content (AvgIpc) is 3.25. The number of nitrogens with zero attached hydrogens (tertiary/aromatic N) is 2. The molecular weight excluding hydrogens is 432 g/mol. The van der Waals surface area contributed by atoms with E-state index in [0.29, 0.717) is 16.9 Å². The van der Waals surface area contributed by atoms with Gasteiger partial charge in [-0.3, -0.25) is 0 Å². The van der Waals surface area contributed by atoms with E-state index < -0.39 is 29.2 Å². The van der Waals surface area contributed by atoms with E-state index in [1.807, 2.05) is 0 Å². The van der Waals surface area contributed by atoms with Crippen LogP contribution in [0, 0.1) is 13.8 Å². The van der Waals surface area contributed by atoms with Crippen LogP contribution in [0.25, 0.3) is 11.8 Å². The lowest BCUT2D eigenvalue weighted by Gasteiger charge is -2.11. The fraction of sp³-hybridized carbons (Fsp3) is 0.0870. The van der Waals surface area contributed by atoms with Crippen LogP contribution in [0.5, 0.6) is 23.0 Å². The Morgan fingerprint density at radius 2 is 1.67 bits per heavy atom. The van der Waals surface area contributed by atoms with Gasteiger partial charge >= 0.3 is 11.9 Å². The Balaban J connectivity index is 1.74. The number of aryl methyl sites for hydroxylation is 1. The molecule has 0 saturated heterocycles. The van der Waals surface area contributed by atoms with Crippen molar-refractivity contribution < 1.29 is 39.9 Å². The van der Waals surface area contributed by atoms with Crippen LogP contribution in [0.4, 0.5) is 0 Å².